The Morgan fingerprint density at radius 1 is 1.03 bits per heavy atom. The van der Waals surface area contributed by atoms with Crippen LogP contribution in [0.2, 0.25) is 0 Å². The second kappa shape index (κ2) is 15.0. The first-order chi connectivity index (χ1) is 17.3. The van der Waals surface area contributed by atoms with E-state index in [9.17, 15) is 34.2 Å². The quantitative estimate of drug-likeness (QED) is 0.0555. The SMILES string of the molecule is CC(O)C(N)C(=O)NC(CCCN=C(N)N)C(=O)NC(Cc1cnc[nH]1)C(=O)NC(CC(=O)O)C(=O)O. The number of imidazole rings is 1. The fraction of sp³-hybridized carbons (Fsp3) is 0.550. The van der Waals surface area contributed by atoms with E-state index in [1.54, 1.807) is 0 Å². The minimum absolute atomic E-state index is 0.00996. The molecule has 0 aromatic carbocycles. The van der Waals surface area contributed by atoms with Crippen molar-refractivity contribution < 1.29 is 39.3 Å². The van der Waals surface area contributed by atoms with Gasteiger partial charge in [-0.25, -0.2) is 9.78 Å². The highest BCUT2D eigenvalue weighted by Gasteiger charge is 2.32. The number of aromatic amines is 1. The number of aliphatic hydroxyl groups is 1. The zero-order chi connectivity index (χ0) is 28.1. The molecule has 0 aliphatic rings. The normalized spacial score (nSPS) is 14.8. The number of rotatable bonds is 16. The van der Waals surface area contributed by atoms with Gasteiger partial charge in [0.2, 0.25) is 17.7 Å². The Labute approximate surface area is 211 Å². The smallest absolute Gasteiger partial charge is 0.326 e. The highest BCUT2D eigenvalue weighted by Crippen LogP contribution is 2.05. The van der Waals surface area contributed by atoms with Gasteiger partial charge in [0.15, 0.2) is 5.96 Å². The van der Waals surface area contributed by atoms with Crippen molar-refractivity contribution in [3.05, 3.63) is 18.2 Å². The zero-order valence-electron chi connectivity index (χ0n) is 20.1. The predicted octanol–water partition coefficient (Wildman–Crippen LogP) is -4.27. The molecule has 206 valence electrons. The van der Waals surface area contributed by atoms with Crippen LogP contribution in [0, 0.1) is 0 Å². The summed E-state index contributed by atoms with van der Waals surface area (Å²) in [6, 6.07) is -5.72. The van der Waals surface area contributed by atoms with Gasteiger partial charge in [-0.3, -0.25) is 24.2 Å². The summed E-state index contributed by atoms with van der Waals surface area (Å²) in [4.78, 5) is 71.1. The van der Waals surface area contributed by atoms with E-state index in [1.807, 2.05) is 0 Å². The number of carboxylic acid groups (broad SMARTS) is 2. The number of amides is 3. The Bertz CT molecular complexity index is 963. The fourth-order valence-corrected chi connectivity index (χ4v) is 3.00. The third kappa shape index (κ3) is 11.4. The molecule has 1 aromatic heterocycles. The third-order valence-electron chi connectivity index (χ3n) is 5.01. The molecule has 0 radical (unpaired) electrons. The van der Waals surface area contributed by atoms with Crippen LogP contribution in [0.1, 0.15) is 31.9 Å². The minimum Gasteiger partial charge on any atom is -0.481 e. The summed E-state index contributed by atoms with van der Waals surface area (Å²) in [5.74, 6) is -5.87. The van der Waals surface area contributed by atoms with E-state index < -0.39 is 66.4 Å². The van der Waals surface area contributed by atoms with Crippen LogP contribution >= 0.6 is 0 Å². The molecule has 0 bridgehead atoms. The van der Waals surface area contributed by atoms with Crippen LogP contribution in [0.3, 0.4) is 0 Å². The van der Waals surface area contributed by atoms with E-state index in [1.165, 1.54) is 19.4 Å². The number of aliphatic carboxylic acids is 2. The number of aromatic nitrogens is 2. The third-order valence-corrected chi connectivity index (χ3v) is 5.01. The van der Waals surface area contributed by atoms with E-state index in [0.717, 1.165) is 0 Å². The second-order valence-corrected chi connectivity index (χ2v) is 8.12. The van der Waals surface area contributed by atoms with Gasteiger partial charge in [-0.05, 0) is 19.8 Å². The van der Waals surface area contributed by atoms with E-state index >= 15 is 0 Å². The highest BCUT2D eigenvalue weighted by molar-refractivity contribution is 5.94. The summed E-state index contributed by atoms with van der Waals surface area (Å²) >= 11 is 0. The van der Waals surface area contributed by atoms with Gasteiger partial charge in [-0.15, -0.1) is 0 Å². The fourth-order valence-electron chi connectivity index (χ4n) is 3.00. The maximum absolute atomic E-state index is 13.1. The largest absolute Gasteiger partial charge is 0.481 e. The molecule has 0 aliphatic heterocycles. The van der Waals surface area contributed by atoms with Crippen LogP contribution in [0.5, 0.6) is 0 Å². The monoisotopic (exact) mass is 527 g/mol. The van der Waals surface area contributed by atoms with Crippen LogP contribution in [-0.2, 0) is 30.4 Å². The molecule has 17 heteroatoms. The van der Waals surface area contributed by atoms with Crippen molar-refractivity contribution in [2.24, 2.45) is 22.2 Å². The van der Waals surface area contributed by atoms with Crippen molar-refractivity contribution >= 4 is 35.6 Å². The summed E-state index contributed by atoms with van der Waals surface area (Å²) < 4.78 is 0. The van der Waals surface area contributed by atoms with E-state index in [0.29, 0.717) is 5.69 Å². The molecule has 3 amide bonds. The van der Waals surface area contributed by atoms with Gasteiger partial charge in [0.1, 0.15) is 24.2 Å². The lowest BCUT2D eigenvalue weighted by Crippen LogP contribution is -2.58. The van der Waals surface area contributed by atoms with Gasteiger partial charge in [-0.2, -0.15) is 0 Å². The summed E-state index contributed by atoms with van der Waals surface area (Å²) in [6.45, 7) is 1.41. The maximum Gasteiger partial charge on any atom is 0.326 e. The molecule has 37 heavy (non-hydrogen) atoms. The van der Waals surface area contributed by atoms with Gasteiger partial charge in [-0.1, -0.05) is 0 Å². The number of aliphatic imine (C=N–C) groups is 1. The topological polar surface area (TPSA) is 301 Å². The Kier molecular flexibility index (Phi) is 12.5. The van der Waals surface area contributed by atoms with Crippen molar-refractivity contribution in [2.75, 3.05) is 6.54 Å². The van der Waals surface area contributed by atoms with Crippen molar-refractivity contribution in [1.82, 2.24) is 25.9 Å². The zero-order valence-corrected chi connectivity index (χ0v) is 20.1. The second-order valence-electron chi connectivity index (χ2n) is 8.12. The average molecular weight is 528 g/mol. The predicted molar refractivity (Wildman–Crippen MR) is 128 cm³/mol. The summed E-state index contributed by atoms with van der Waals surface area (Å²) in [5.41, 5.74) is 16.6. The first-order valence-corrected chi connectivity index (χ1v) is 11.1. The summed E-state index contributed by atoms with van der Waals surface area (Å²) in [6.07, 6.45) is 0.653. The van der Waals surface area contributed by atoms with Crippen molar-refractivity contribution in [3.8, 4) is 0 Å². The first kappa shape index (κ1) is 30.8. The van der Waals surface area contributed by atoms with E-state index in [4.69, 9.17) is 22.3 Å². The summed E-state index contributed by atoms with van der Waals surface area (Å²) in [5, 5.41) is 34.7. The standard InChI is InChI=1S/C20H33N9O8/c1-9(30)15(21)18(35)27-11(3-2-4-25-20(22)23)16(33)28-12(5-10-7-24-8-26-10)17(34)29-13(19(36)37)6-14(31)32/h7-9,11-13,15,30H,2-6,21H2,1H3,(H,24,26)(H,27,35)(H,28,33)(H,29,34)(H,31,32)(H,36,37)(H4,22,23,25). The number of carbonyl (C=O) groups excluding carboxylic acids is 3. The minimum atomic E-state index is -1.76. The Morgan fingerprint density at radius 3 is 2.14 bits per heavy atom. The first-order valence-electron chi connectivity index (χ1n) is 11.1. The summed E-state index contributed by atoms with van der Waals surface area (Å²) in [7, 11) is 0. The van der Waals surface area contributed by atoms with Gasteiger partial charge < -0.3 is 53.5 Å². The molecule has 5 atom stereocenters. The van der Waals surface area contributed by atoms with E-state index in [-0.39, 0.29) is 31.8 Å². The lowest BCUT2D eigenvalue weighted by Gasteiger charge is -2.25. The molecule has 0 saturated heterocycles. The number of hydrogen-bond donors (Lipinski definition) is 10. The number of guanidine groups is 1. The van der Waals surface area contributed by atoms with Gasteiger partial charge in [0.25, 0.3) is 0 Å². The molecular weight excluding hydrogens is 494 g/mol. The molecule has 0 saturated carbocycles. The van der Waals surface area contributed by atoms with Crippen LogP contribution < -0.4 is 33.2 Å². The Hall–Kier alpha value is -4.25. The number of carbonyl (C=O) groups is 5. The van der Waals surface area contributed by atoms with Gasteiger partial charge in [0, 0.05) is 24.9 Å². The molecule has 1 aromatic rings. The number of hydrogen-bond acceptors (Lipinski definition) is 9. The Balaban J connectivity index is 3.11. The van der Waals surface area contributed by atoms with E-state index in [2.05, 4.69) is 30.9 Å². The number of nitrogens with two attached hydrogens (primary N) is 3. The maximum atomic E-state index is 13.1. The number of H-pyrrole nitrogens is 1. The van der Waals surface area contributed by atoms with Crippen molar-refractivity contribution in [2.45, 2.75) is 62.9 Å². The molecule has 1 heterocycles. The molecular formula is C20H33N9O8. The van der Waals surface area contributed by atoms with Crippen molar-refractivity contribution in [3.63, 3.8) is 0 Å². The average Bonchev–Trinajstić information content (AvgIpc) is 3.31. The number of nitrogens with one attached hydrogen (secondary N) is 4. The van der Waals surface area contributed by atoms with Crippen LogP contribution in [0.15, 0.2) is 17.5 Å². The molecule has 1 rings (SSSR count). The van der Waals surface area contributed by atoms with Gasteiger partial charge >= 0.3 is 11.9 Å². The van der Waals surface area contributed by atoms with Crippen LogP contribution in [0.25, 0.3) is 0 Å². The number of carboxylic acids is 2. The molecule has 5 unspecified atom stereocenters. The van der Waals surface area contributed by atoms with Gasteiger partial charge in [0.05, 0.1) is 18.9 Å². The molecule has 0 fully saturated rings. The lowest BCUT2D eigenvalue weighted by atomic mass is 10.1. The number of nitrogens with zero attached hydrogens (tertiary/aromatic N) is 2. The van der Waals surface area contributed by atoms with Crippen LogP contribution in [0.4, 0.5) is 0 Å². The molecule has 0 spiro atoms. The molecule has 13 N–H and O–H groups in total. The van der Waals surface area contributed by atoms with Crippen LogP contribution in [-0.4, -0.2) is 97.7 Å². The lowest BCUT2D eigenvalue weighted by molar-refractivity contribution is -0.147. The molecule has 17 nitrogen and oxygen atoms in total. The molecule has 0 aliphatic carbocycles. The number of aliphatic hydroxyl groups excluding tert-OH is 1. The van der Waals surface area contributed by atoms with Crippen molar-refractivity contribution in [1.29, 1.82) is 0 Å². The highest BCUT2D eigenvalue weighted by atomic mass is 16.4. The Morgan fingerprint density at radius 2 is 1.62 bits per heavy atom.